The molecule has 0 N–H and O–H groups in total. The Morgan fingerprint density at radius 1 is 0.946 bits per heavy atom. The molecule has 7 nitrogen and oxygen atoms in total. The van der Waals surface area contributed by atoms with Gasteiger partial charge in [-0.2, -0.15) is 0 Å². The van der Waals surface area contributed by atoms with Gasteiger partial charge in [0.2, 0.25) is 5.91 Å². The van der Waals surface area contributed by atoms with Crippen LogP contribution in [0.3, 0.4) is 0 Å². The summed E-state index contributed by atoms with van der Waals surface area (Å²) in [6, 6.07) is 19.8. The molecule has 0 aromatic heterocycles. The highest BCUT2D eigenvalue weighted by Crippen LogP contribution is 2.35. The number of amides is 3. The molecule has 3 amide bonds. The summed E-state index contributed by atoms with van der Waals surface area (Å²) in [6.45, 7) is 3.87. The fraction of sp³-hybridized carbons (Fsp3) is 0.276. The van der Waals surface area contributed by atoms with Crippen molar-refractivity contribution in [3.05, 3.63) is 76.7 Å². The molecule has 2 aliphatic heterocycles. The van der Waals surface area contributed by atoms with E-state index in [-0.39, 0.29) is 17.4 Å². The van der Waals surface area contributed by atoms with E-state index in [0.717, 1.165) is 40.5 Å². The smallest absolute Gasteiger partial charge is 0.294 e. The summed E-state index contributed by atoms with van der Waals surface area (Å²) in [5.74, 6) is 0.515. The van der Waals surface area contributed by atoms with Crippen LogP contribution in [0.1, 0.15) is 30.9 Å². The van der Waals surface area contributed by atoms with E-state index in [4.69, 9.17) is 9.47 Å². The molecule has 37 heavy (non-hydrogen) atoms. The zero-order chi connectivity index (χ0) is 25.8. The number of hydrogen-bond donors (Lipinski definition) is 0. The van der Waals surface area contributed by atoms with Crippen molar-refractivity contribution in [2.24, 2.45) is 0 Å². The third-order valence-corrected chi connectivity index (χ3v) is 7.31. The van der Waals surface area contributed by atoms with Crippen molar-refractivity contribution in [1.82, 2.24) is 9.80 Å². The van der Waals surface area contributed by atoms with Gasteiger partial charge in [0.25, 0.3) is 11.1 Å². The molecule has 0 spiro atoms. The predicted molar refractivity (Wildman–Crippen MR) is 144 cm³/mol. The summed E-state index contributed by atoms with van der Waals surface area (Å²) in [4.78, 5) is 40.8. The van der Waals surface area contributed by atoms with E-state index in [0.29, 0.717) is 43.4 Å². The van der Waals surface area contributed by atoms with Crippen LogP contribution in [0.4, 0.5) is 4.79 Å². The maximum absolute atomic E-state index is 12.9. The molecule has 3 aromatic carbocycles. The molecule has 0 saturated carbocycles. The second kappa shape index (κ2) is 11.1. The number of fused-ring (bicyclic) bond motifs is 1. The largest absolute Gasteiger partial charge is 0.490 e. The number of hydrogen-bond acceptors (Lipinski definition) is 6. The fourth-order valence-electron chi connectivity index (χ4n) is 4.48. The fourth-order valence-corrected chi connectivity index (χ4v) is 5.32. The van der Waals surface area contributed by atoms with E-state index in [1.165, 1.54) is 5.39 Å². The first-order chi connectivity index (χ1) is 18.0. The maximum atomic E-state index is 12.9. The number of ether oxygens (including phenoxy) is 2. The molecular formula is C29H28N2O5S. The topological polar surface area (TPSA) is 76.2 Å². The molecule has 8 heteroatoms. The van der Waals surface area contributed by atoms with Crippen LogP contribution in [0.15, 0.2) is 65.6 Å². The second-order valence-electron chi connectivity index (χ2n) is 8.97. The monoisotopic (exact) mass is 516 g/mol. The molecular weight excluding hydrogens is 488 g/mol. The van der Waals surface area contributed by atoms with Crippen molar-refractivity contribution in [2.75, 3.05) is 26.2 Å². The molecule has 2 saturated heterocycles. The second-order valence-corrected chi connectivity index (χ2v) is 9.96. The lowest BCUT2D eigenvalue weighted by Crippen LogP contribution is -2.40. The molecule has 3 aromatic rings. The predicted octanol–water partition coefficient (Wildman–Crippen LogP) is 5.48. The number of nitrogens with zero attached hydrogens (tertiary/aromatic N) is 2. The van der Waals surface area contributed by atoms with Crippen LogP contribution in [-0.2, 0) is 16.2 Å². The van der Waals surface area contributed by atoms with Crippen LogP contribution in [-0.4, -0.2) is 53.1 Å². The quantitative estimate of drug-likeness (QED) is 0.369. The van der Waals surface area contributed by atoms with E-state index < -0.39 is 11.1 Å². The lowest BCUT2D eigenvalue weighted by atomic mass is 10.1. The van der Waals surface area contributed by atoms with Gasteiger partial charge in [-0.1, -0.05) is 42.5 Å². The summed E-state index contributed by atoms with van der Waals surface area (Å²) in [6.07, 6.45) is 3.57. The Balaban J connectivity index is 1.29. The van der Waals surface area contributed by atoms with Crippen LogP contribution in [0.25, 0.3) is 16.8 Å². The van der Waals surface area contributed by atoms with Crippen LogP contribution < -0.4 is 9.47 Å². The van der Waals surface area contributed by atoms with Crippen molar-refractivity contribution in [2.45, 2.75) is 26.4 Å². The average molecular weight is 517 g/mol. The van der Waals surface area contributed by atoms with Gasteiger partial charge in [0.1, 0.15) is 13.2 Å². The summed E-state index contributed by atoms with van der Waals surface area (Å²) in [7, 11) is 0. The number of carbonyl (C=O) groups is 3. The minimum absolute atomic E-state index is 0.187. The lowest BCUT2D eigenvalue weighted by Gasteiger charge is -2.18. The summed E-state index contributed by atoms with van der Waals surface area (Å²) < 4.78 is 11.9. The molecule has 2 aliphatic rings. The summed E-state index contributed by atoms with van der Waals surface area (Å²) in [5, 5.41) is 1.90. The highest BCUT2D eigenvalue weighted by molar-refractivity contribution is 8.18. The Hall–Kier alpha value is -3.78. The molecule has 0 unspecified atom stereocenters. The zero-order valence-corrected chi connectivity index (χ0v) is 21.5. The van der Waals surface area contributed by atoms with E-state index in [9.17, 15) is 14.4 Å². The molecule has 0 atom stereocenters. The highest BCUT2D eigenvalue weighted by atomic mass is 32.2. The Labute approximate surface area is 220 Å². The van der Waals surface area contributed by atoms with Gasteiger partial charge in [0.15, 0.2) is 11.5 Å². The van der Waals surface area contributed by atoms with Crippen LogP contribution in [0, 0.1) is 0 Å². The SMILES string of the molecule is CCOc1cc(/C=C2/SC(=O)N(CC(=O)N3CCCC3)C2=O)ccc1OCc1ccc2ccccc2c1. The first-order valence-electron chi connectivity index (χ1n) is 12.4. The average Bonchev–Trinajstić information content (AvgIpc) is 3.53. The van der Waals surface area contributed by atoms with E-state index >= 15 is 0 Å². The van der Waals surface area contributed by atoms with Gasteiger partial charge >= 0.3 is 0 Å². The number of carbonyl (C=O) groups excluding carboxylic acids is 3. The molecule has 0 aliphatic carbocycles. The highest BCUT2D eigenvalue weighted by Gasteiger charge is 2.37. The van der Waals surface area contributed by atoms with Crippen molar-refractivity contribution < 1.29 is 23.9 Å². The normalized spacial score (nSPS) is 16.7. The first kappa shape index (κ1) is 24.9. The number of thioether (sulfide) groups is 1. The minimum atomic E-state index is -0.447. The zero-order valence-electron chi connectivity index (χ0n) is 20.6. The molecule has 2 fully saturated rings. The van der Waals surface area contributed by atoms with Crippen molar-refractivity contribution in [1.29, 1.82) is 0 Å². The Morgan fingerprint density at radius 3 is 2.51 bits per heavy atom. The molecule has 190 valence electrons. The molecule has 0 bridgehead atoms. The standard InChI is InChI=1S/C29H28N2O5S/c1-2-35-25-16-20(10-12-24(25)36-19-21-9-11-22-7-3-4-8-23(22)15-21)17-26-28(33)31(29(34)37-26)18-27(32)30-13-5-6-14-30/h3-4,7-12,15-17H,2,5-6,13-14,18-19H2,1H3/b26-17+. The van der Waals surface area contributed by atoms with Gasteiger partial charge in [0.05, 0.1) is 11.5 Å². The lowest BCUT2D eigenvalue weighted by molar-refractivity contribution is -0.135. The van der Waals surface area contributed by atoms with E-state index in [1.807, 2.05) is 31.2 Å². The molecule has 0 radical (unpaired) electrons. The van der Waals surface area contributed by atoms with Crippen molar-refractivity contribution >= 4 is 45.7 Å². The Kier molecular flexibility index (Phi) is 7.46. The van der Waals surface area contributed by atoms with Crippen LogP contribution >= 0.6 is 11.8 Å². The third kappa shape index (κ3) is 5.64. The van der Waals surface area contributed by atoms with Gasteiger partial charge in [-0.15, -0.1) is 0 Å². The first-order valence-corrected chi connectivity index (χ1v) is 13.2. The van der Waals surface area contributed by atoms with Gasteiger partial charge in [-0.05, 0) is 77.7 Å². The Morgan fingerprint density at radius 2 is 1.73 bits per heavy atom. The number of benzene rings is 3. The number of imide groups is 1. The van der Waals surface area contributed by atoms with Gasteiger partial charge < -0.3 is 14.4 Å². The number of rotatable bonds is 8. The minimum Gasteiger partial charge on any atom is -0.490 e. The third-order valence-electron chi connectivity index (χ3n) is 6.40. The van der Waals surface area contributed by atoms with Crippen LogP contribution in [0.5, 0.6) is 11.5 Å². The van der Waals surface area contributed by atoms with Gasteiger partial charge in [-0.25, -0.2) is 0 Å². The summed E-state index contributed by atoms with van der Waals surface area (Å²) >= 11 is 0.849. The molecule has 2 heterocycles. The van der Waals surface area contributed by atoms with Gasteiger partial charge in [0, 0.05) is 13.1 Å². The number of likely N-dealkylation sites (tertiary alicyclic amines) is 1. The van der Waals surface area contributed by atoms with Crippen LogP contribution in [0.2, 0.25) is 0 Å². The van der Waals surface area contributed by atoms with E-state index in [1.54, 1.807) is 23.1 Å². The van der Waals surface area contributed by atoms with Gasteiger partial charge in [-0.3, -0.25) is 19.3 Å². The summed E-state index contributed by atoms with van der Waals surface area (Å²) in [5.41, 5.74) is 1.75. The van der Waals surface area contributed by atoms with Crippen molar-refractivity contribution in [3.63, 3.8) is 0 Å². The Bertz CT molecular complexity index is 1380. The maximum Gasteiger partial charge on any atom is 0.294 e. The van der Waals surface area contributed by atoms with Crippen molar-refractivity contribution in [3.8, 4) is 11.5 Å². The molecule has 5 rings (SSSR count). The van der Waals surface area contributed by atoms with E-state index in [2.05, 4.69) is 24.3 Å².